The smallest absolute Gasteiger partial charge is 0.269 e. The summed E-state index contributed by atoms with van der Waals surface area (Å²) in [7, 11) is 1.82. The Kier molecular flexibility index (Phi) is 4.47. The van der Waals surface area contributed by atoms with Crippen molar-refractivity contribution in [3.8, 4) is 0 Å². The predicted molar refractivity (Wildman–Crippen MR) is 80.5 cm³/mol. The number of nitrogens with zero attached hydrogens (tertiary/aromatic N) is 1. The van der Waals surface area contributed by atoms with E-state index in [-0.39, 0.29) is 5.91 Å². The number of amides is 1. The van der Waals surface area contributed by atoms with Crippen LogP contribution in [0.15, 0.2) is 59.5 Å². The quantitative estimate of drug-likeness (QED) is 0.685. The molecule has 0 spiro atoms. The zero-order valence-corrected chi connectivity index (χ0v) is 11.8. The Bertz CT molecular complexity index is 540. The first-order valence-corrected chi connectivity index (χ1v) is 7.17. The molecule has 2 rings (SSSR count). The van der Waals surface area contributed by atoms with E-state index in [9.17, 15) is 4.79 Å². The molecule has 3 nitrogen and oxygen atoms in total. The molecule has 0 unspecified atom stereocenters. The lowest BCUT2D eigenvalue weighted by Crippen LogP contribution is -2.39. The highest BCUT2D eigenvalue weighted by molar-refractivity contribution is 7.98. The summed E-state index contributed by atoms with van der Waals surface area (Å²) in [4.78, 5) is 13.2. The number of anilines is 1. The summed E-state index contributed by atoms with van der Waals surface area (Å²) in [6, 6.07) is 17.3. The summed E-state index contributed by atoms with van der Waals surface area (Å²) in [5.41, 5.74) is 4.43. The standard InChI is InChI=1S/C15H16N2OS/c1-17(13-6-4-3-5-7-13)16-15(18)12-8-10-14(19-2)11-9-12/h3-11H,1-2H3,(H,16,18). The lowest BCUT2D eigenvalue weighted by atomic mass is 10.2. The first kappa shape index (κ1) is 13.5. The molecule has 0 heterocycles. The Labute approximate surface area is 117 Å². The van der Waals surface area contributed by atoms with Crippen molar-refractivity contribution in [2.45, 2.75) is 4.90 Å². The molecule has 0 saturated carbocycles. The third kappa shape index (κ3) is 3.51. The molecule has 0 aromatic heterocycles. The number of hydrazine groups is 1. The van der Waals surface area contributed by atoms with E-state index in [0.29, 0.717) is 5.56 Å². The highest BCUT2D eigenvalue weighted by Gasteiger charge is 2.08. The predicted octanol–water partition coefficient (Wildman–Crippen LogP) is 3.19. The van der Waals surface area contributed by atoms with Crippen molar-refractivity contribution in [1.29, 1.82) is 0 Å². The van der Waals surface area contributed by atoms with Crippen LogP contribution in [-0.2, 0) is 0 Å². The number of carbonyl (C=O) groups excluding carboxylic acids is 1. The molecular weight excluding hydrogens is 256 g/mol. The third-order valence-corrected chi connectivity index (χ3v) is 3.51. The van der Waals surface area contributed by atoms with E-state index in [4.69, 9.17) is 0 Å². The van der Waals surface area contributed by atoms with Crippen molar-refractivity contribution < 1.29 is 4.79 Å². The minimum Gasteiger partial charge on any atom is -0.288 e. The van der Waals surface area contributed by atoms with Crippen molar-refractivity contribution in [3.63, 3.8) is 0 Å². The van der Waals surface area contributed by atoms with Crippen LogP contribution in [-0.4, -0.2) is 19.2 Å². The second kappa shape index (κ2) is 6.29. The van der Waals surface area contributed by atoms with E-state index in [0.717, 1.165) is 10.6 Å². The van der Waals surface area contributed by atoms with E-state index >= 15 is 0 Å². The molecule has 19 heavy (non-hydrogen) atoms. The first-order valence-electron chi connectivity index (χ1n) is 5.94. The highest BCUT2D eigenvalue weighted by atomic mass is 32.2. The molecule has 0 aliphatic rings. The van der Waals surface area contributed by atoms with Gasteiger partial charge in [-0.3, -0.25) is 15.2 Å². The van der Waals surface area contributed by atoms with Gasteiger partial charge in [-0.2, -0.15) is 0 Å². The molecule has 0 aliphatic carbocycles. The number of rotatable bonds is 4. The Hall–Kier alpha value is -1.94. The van der Waals surface area contributed by atoms with Crippen LogP contribution in [0.2, 0.25) is 0 Å². The van der Waals surface area contributed by atoms with Crippen molar-refractivity contribution in [3.05, 3.63) is 60.2 Å². The molecule has 2 aromatic carbocycles. The molecule has 0 atom stereocenters. The van der Waals surface area contributed by atoms with Crippen LogP contribution in [0, 0.1) is 0 Å². The number of hydrogen-bond acceptors (Lipinski definition) is 3. The fraction of sp³-hybridized carbons (Fsp3) is 0.133. The molecule has 0 saturated heterocycles. The molecule has 0 bridgehead atoms. The monoisotopic (exact) mass is 272 g/mol. The van der Waals surface area contributed by atoms with Crippen LogP contribution in [0.3, 0.4) is 0 Å². The Morgan fingerprint density at radius 3 is 2.26 bits per heavy atom. The molecule has 0 fully saturated rings. The molecule has 0 radical (unpaired) electrons. The van der Waals surface area contributed by atoms with Gasteiger partial charge in [-0.15, -0.1) is 11.8 Å². The third-order valence-electron chi connectivity index (χ3n) is 2.76. The van der Waals surface area contributed by atoms with Gasteiger partial charge in [-0.25, -0.2) is 0 Å². The lowest BCUT2D eigenvalue weighted by molar-refractivity contribution is 0.0951. The maximum Gasteiger partial charge on any atom is 0.269 e. The summed E-state index contributed by atoms with van der Waals surface area (Å²) < 4.78 is 0. The second-order valence-corrected chi connectivity index (χ2v) is 4.94. The van der Waals surface area contributed by atoms with Crippen LogP contribution in [0.4, 0.5) is 5.69 Å². The number of nitrogens with one attached hydrogen (secondary N) is 1. The Morgan fingerprint density at radius 2 is 1.68 bits per heavy atom. The normalized spacial score (nSPS) is 10.0. The minimum absolute atomic E-state index is 0.112. The largest absolute Gasteiger partial charge is 0.288 e. The number of benzene rings is 2. The van der Waals surface area contributed by atoms with E-state index in [1.807, 2.05) is 67.9 Å². The zero-order chi connectivity index (χ0) is 13.7. The van der Waals surface area contributed by atoms with Gasteiger partial charge in [0.15, 0.2) is 0 Å². The highest BCUT2D eigenvalue weighted by Crippen LogP contribution is 2.15. The van der Waals surface area contributed by atoms with E-state index in [1.165, 1.54) is 0 Å². The molecule has 1 N–H and O–H groups in total. The number of carbonyl (C=O) groups is 1. The fourth-order valence-electron chi connectivity index (χ4n) is 1.68. The molecule has 1 amide bonds. The Balaban J connectivity index is 2.04. The summed E-state index contributed by atoms with van der Waals surface area (Å²) in [6.45, 7) is 0. The zero-order valence-electron chi connectivity index (χ0n) is 11.0. The van der Waals surface area contributed by atoms with Crippen LogP contribution >= 0.6 is 11.8 Å². The average molecular weight is 272 g/mol. The topological polar surface area (TPSA) is 32.3 Å². The molecule has 4 heteroatoms. The fourth-order valence-corrected chi connectivity index (χ4v) is 2.08. The van der Waals surface area contributed by atoms with Crippen LogP contribution < -0.4 is 10.4 Å². The summed E-state index contributed by atoms with van der Waals surface area (Å²) in [5.74, 6) is -0.112. The summed E-state index contributed by atoms with van der Waals surface area (Å²) >= 11 is 1.66. The first-order chi connectivity index (χ1) is 9.20. The van der Waals surface area contributed by atoms with Gasteiger partial charge in [-0.1, -0.05) is 18.2 Å². The van der Waals surface area contributed by atoms with Gasteiger partial charge in [-0.05, 0) is 42.7 Å². The molecule has 2 aromatic rings. The van der Waals surface area contributed by atoms with Crippen LogP contribution in [0.25, 0.3) is 0 Å². The number of hydrogen-bond donors (Lipinski definition) is 1. The van der Waals surface area contributed by atoms with E-state index < -0.39 is 0 Å². The van der Waals surface area contributed by atoms with Gasteiger partial charge in [0, 0.05) is 17.5 Å². The maximum absolute atomic E-state index is 12.1. The van der Waals surface area contributed by atoms with Gasteiger partial charge in [0.05, 0.1) is 5.69 Å². The van der Waals surface area contributed by atoms with E-state index in [1.54, 1.807) is 16.8 Å². The number of thioether (sulfide) groups is 1. The summed E-state index contributed by atoms with van der Waals surface area (Å²) in [6.07, 6.45) is 2.01. The molecular formula is C15H16N2OS. The minimum atomic E-state index is -0.112. The molecule has 0 aliphatic heterocycles. The second-order valence-electron chi connectivity index (χ2n) is 4.06. The van der Waals surface area contributed by atoms with Gasteiger partial charge >= 0.3 is 0 Å². The van der Waals surface area contributed by atoms with Crippen molar-refractivity contribution in [2.24, 2.45) is 0 Å². The summed E-state index contributed by atoms with van der Waals surface area (Å²) in [5, 5.41) is 1.71. The SMILES string of the molecule is CSc1ccc(C(=O)NN(C)c2ccccc2)cc1. The van der Waals surface area contributed by atoms with Crippen LogP contribution in [0.1, 0.15) is 10.4 Å². The van der Waals surface area contributed by atoms with Crippen molar-refractivity contribution in [1.82, 2.24) is 5.43 Å². The average Bonchev–Trinajstić information content (AvgIpc) is 2.48. The van der Waals surface area contributed by atoms with Gasteiger partial charge in [0.2, 0.25) is 0 Å². The van der Waals surface area contributed by atoms with E-state index in [2.05, 4.69) is 5.43 Å². The van der Waals surface area contributed by atoms with Crippen molar-refractivity contribution >= 4 is 23.4 Å². The van der Waals surface area contributed by atoms with Gasteiger partial charge in [0.25, 0.3) is 5.91 Å². The van der Waals surface area contributed by atoms with Crippen LogP contribution in [0.5, 0.6) is 0 Å². The van der Waals surface area contributed by atoms with Gasteiger partial charge < -0.3 is 0 Å². The Morgan fingerprint density at radius 1 is 1.05 bits per heavy atom. The molecule has 98 valence electrons. The van der Waals surface area contributed by atoms with Crippen molar-refractivity contribution in [2.75, 3.05) is 18.3 Å². The maximum atomic E-state index is 12.1. The number of para-hydroxylation sites is 1. The van der Waals surface area contributed by atoms with Gasteiger partial charge in [0.1, 0.15) is 0 Å². The lowest BCUT2D eigenvalue weighted by Gasteiger charge is -2.20.